The Morgan fingerprint density at radius 1 is 1.38 bits per heavy atom. The standard InChI is InChI=1S/C11H20N2O3/c1-11(2,3)16-9(14)5-6-13-8-7-12(4)10(13)15/h5-8H2,1-4H3. The summed E-state index contributed by atoms with van der Waals surface area (Å²) in [6.45, 7) is 7.36. The van der Waals surface area contributed by atoms with Gasteiger partial charge in [0.25, 0.3) is 0 Å². The van der Waals surface area contributed by atoms with Crippen LogP contribution in [0.3, 0.4) is 0 Å². The smallest absolute Gasteiger partial charge is 0.319 e. The largest absolute Gasteiger partial charge is 0.460 e. The molecule has 0 aromatic rings. The lowest BCUT2D eigenvalue weighted by atomic mass is 10.2. The van der Waals surface area contributed by atoms with Crippen molar-refractivity contribution >= 4 is 12.0 Å². The highest BCUT2D eigenvalue weighted by atomic mass is 16.6. The maximum Gasteiger partial charge on any atom is 0.319 e. The van der Waals surface area contributed by atoms with E-state index in [9.17, 15) is 9.59 Å². The molecule has 0 saturated carbocycles. The highest BCUT2D eigenvalue weighted by Gasteiger charge is 2.26. The summed E-state index contributed by atoms with van der Waals surface area (Å²) in [5.41, 5.74) is -0.455. The van der Waals surface area contributed by atoms with E-state index in [0.29, 0.717) is 13.1 Å². The molecule has 92 valence electrons. The summed E-state index contributed by atoms with van der Waals surface area (Å²) >= 11 is 0. The van der Waals surface area contributed by atoms with Crippen LogP contribution in [0, 0.1) is 0 Å². The van der Waals surface area contributed by atoms with Crippen LogP contribution in [0.5, 0.6) is 0 Å². The summed E-state index contributed by atoms with van der Waals surface area (Å²) in [5.74, 6) is -0.255. The van der Waals surface area contributed by atoms with Crippen molar-refractivity contribution in [3.8, 4) is 0 Å². The number of esters is 1. The summed E-state index contributed by atoms with van der Waals surface area (Å²) < 4.78 is 5.17. The molecule has 1 fully saturated rings. The first-order chi connectivity index (χ1) is 7.29. The summed E-state index contributed by atoms with van der Waals surface area (Å²) in [4.78, 5) is 26.3. The van der Waals surface area contributed by atoms with Crippen LogP contribution >= 0.6 is 0 Å². The van der Waals surface area contributed by atoms with Gasteiger partial charge in [0.1, 0.15) is 5.60 Å². The molecule has 1 aliphatic rings. The predicted octanol–water partition coefficient (Wildman–Crippen LogP) is 1.09. The number of hydrogen-bond donors (Lipinski definition) is 0. The Bertz CT molecular complexity index is 283. The van der Waals surface area contributed by atoms with Gasteiger partial charge in [-0.05, 0) is 20.8 Å². The minimum atomic E-state index is -0.455. The predicted molar refractivity (Wildman–Crippen MR) is 60.1 cm³/mol. The van der Waals surface area contributed by atoms with E-state index in [1.807, 2.05) is 20.8 Å². The Hall–Kier alpha value is -1.26. The molecule has 2 amide bonds. The van der Waals surface area contributed by atoms with Crippen LogP contribution in [0.25, 0.3) is 0 Å². The summed E-state index contributed by atoms with van der Waals surface area (Å²) in [6, 6.07) is -0.0106. The van der Waals surface area contributed by atoms with E-state index in [4.69, 9.17) is 4.74 Å². The average molecular weight is 228 g/mol. The summed E-state index contributed by atoms with van der Waals surface area (Å²) in [5, 5.41) is 0. The number of carbonyl (C=O) groups excluding carboxylic acids is 2. The molecule has 0 aromatic heterocycles. The Balaban J connectivity index is 2.30. The molecule has 16 heavy (non-hydrogen) atoms. The zero-order valence-corrected chi connectivity index (χ0v) is 10.4. The molecule has 0 N–H and O–H groups in total. The first kappa shape index (κ1) is 12.8. The highest BCUT2D eigenvalue weighted by molar-refractivity contribution is 5.77. The molecule has 0 aromatic carbocycles. The van der Waals surface area contributed by atoms with Gasteiger partial charge in [-0.2, -0.15) is 0 Å². The van der Waals surface area contributed by atoms with Crippen molar-refractivity contribution in [3.05, 3.63) is 0 Å². The van der Waals surface area contributed by atoms with Gasteiger partial charge in [-0.25, -0.2) is 4.79 Å². The van der Waals surface area contributed by atoms with Gasteiger partial charge in [0.2, 0.25) is 0 Å². The molecule has 0 spiro atoms. The minimum absolute atomic E-state index is 0.0106. The Kier molecular flexibility index (Phi) is 3.78. The molecule has 0 aliphatic carbocycles. The molecule has 5 nitrogen and oxygen atoms in total. The van der Waals surface area contributed by atoms with Crippen molar-refractivity contribution in [2.24, 2.45) is 0 Å². The van der Waals surface area contributed by atoms with E-state index in [1.165, 1.54) is 0 Å². The summed E-state index contributed by atoms with van der Waals surface area (Å²) in [6.07, 6.45) is 0.261. The van der Waals surface area contributed by atoms with Crippen molar-refractivity contribution in [2.45, 2.75) is 32.8 Å². The number of ether oxygens (including phenoxy) is 1. The van der Waals surface area contributed by atoms with Crippen LogP contribution < -0.4 is 0 Å². The van der Waals surface area contributed by atoms with Crippen molar-refractivity contribution < 1.29 is 14.3 Å². The number of likely N-dealkylation sites (N-methyl/N-ethyl adjacent to an activating group) is 1. The quantitative estimate of drug-likeness (QED) is 0.679. The highest BCUT2D eigenvalue weighted by Crippen LogP contribution is 2.10. The van der Waals surface area contributed by atoms with E-state index in [1.54, 1.807) is 16.8 Å². The van der Waals surface area contributed by atoms with Crippen molar-refractivity contribution in [3.63, 3.8) is 0 Å². The lowest BCUT2D eigenvalue weighted by Gasteiger charge is -2.21. The van der Waals surface area contributed by atoms with Gasteiger partial charge >= 0.3 is 12.0 Å². The number of carbonyl (C=O) groups is 2. The third-order valence-electron chi connectivity index (χ3n) is 2.31. The fourth-order valence-corrected chi connectivity index (χ4v) is 1.53. The lowest BCUT2D eigenvalue weighted by molar-refractivity contribution is -0.154. The third kappa shape index (κ3) is 3.72. The molecule has 1 heterocycles. The lowest BCUT2D eigenvalue weighted by Crippen LogP contribution is -2.32. The van der Waals surface area contributed by atoms with Crippen LogP contribution in [0.15, 0.2) is 0 Å². The third-order valence-corrected chi connectivity index (χ3v) is 2.31. The van der Waals surface area contributed by atoms with E-state index < -0.39 is 5.60 Å². The second-order valence-electron chi connectivity index (χ2n) is 5.03. The number of nitrogens with zero attached hydrogens (tertiary/aromatic N) is 2. The molecular formula is C11H20N2O3. The van der Waals surface area contributed by atoms with Gasteiger partial charge < -0.3 is 14.5 Å². The SMILES string of the molecule is CN1CCN(CCC(=O)OC(C)(C)C)C1=O. The second-order valence-corrected chi connectivity index (χ2v) is 5.03. The molecule has 1 aliphatic heterocycles. The Morgan fingerprint density at radius 3 is 2.44 bits per heavy atom. The molecule has 0 bridgehead atoms. The number of urea groups is 1. The molecule has 0 atom stereocenters. The summed E-state index contributed by atoms with van der Waals surface area (Å²) in [7, 11) is 1.76. The van der Waals surface area contributed by atoms with Gasteiger partial charge in [-0.1, -0.05) is 0 Å². The fourth-order valence-electron chi connectivity index (χ4n) is 1.53. The maximum absolute atomic E-state index is 11.5. The van der Waals surface area contributed by atoms with Crippen molar-refractivity contribution in [1.82, 2.24) is 9.80 Å². The van der Waals surface area contributed by atoms with Crippen LogP contribution in [0.4, 0.5) is 4.79 Å². The maximum atomic E-state index is 11.5. The van der Waals surface area contributed by atoms with Crippen molar-refractivity contribution in [1.29, 1.82) is 0 Å². The molecule has 5 heteroatoms. The van der Waals surface area contributed by atoms with Crippen molar-refractivity contribution in [2.75, 3.05) is 26.7 Å². The molecule has 0 radical (unpaired) electrons. The van der Waals surface area contributed by atoms with Gasteiger partial charge in [-0.3, -0.25) is 4.79 Å². The normalized spacial score (nSPS) is 16.9. The number of hydrogen-bond acceptors (Lipinski definition) is 3. The average Bonchev–Trinajstić information content (AvgIpc) is 2.42. The zero-order chi connectivity index (χ0) is 12.3. The fraction of sp³-hybridized carbons (Fsp3) is 0.818. The Morgan fingerprint density at radius 2 is 2.00 bits per heavy atom. The molecular weight excluding hydrogens is 208 g/mol. The van der Waals surface area contributed by atoms with Crippen LogP contribution in [-0.4, -0.2) is 54.1 Å². The second kappa shape index (κ2) is 4.72. The Labute approximate surface area is 96.3 Å². The monoisotopic (exact) mass is 228 g/mol. The molecule has 0 unspecified atom stereocenters. The van der Waals surface area contributed by atoms with Crippen LogP contribution in [0.2, 0.25) is 0 Å². The van der Waals surface area contributed by atoms with Gasteiger partial charge in [0, 0.05) is 26.7 Å². The topological polar surface area (TPSA) is 49.9 Å². The molecule has 1 saturated heterocycles. The van der Waals surface area contributed by atoms with Gasteiger partial charge in [-0.15, -0.1) is 0 Å². The van der Waals surface area contributed by atoms with Crippen LogP contribution in [-0.2, 0) is 9.53 Å². The van der Waals surface area contributed by atoms with Crippen LogP contribution in [0.1, 0.15) is 27.2 Å². The first-order valence-corrected chi connectivity index (χ1v) is 5.51. The number of amides is 2. The van der Waals surface area contributed by atoms with E-state index >= 15 is 0 Å². The van der Waals surface area contributed by atoms with E-state index in [0.717, 1.165) is 6.54 Å². The van der Waals surface area contributed by atoms with Gasteiger partial charge in [0.05, 0.1) is 6.42 Å². The number of rotatable bonds is 3. The molecule has 1 rings (SSSR count). The van der Waals surface area contributed by atoms with E-state index in [2.05, 4.69) is 0 Å². The van der Waals surface area contributed by atoms with Gasteiger partial charge in [0.15, 0.2) is 0 Å². The first-order valence-electron chi connectivity index (χ1n) is 5.51. The zero-order valence-electron chi connectivity index (χ0n) is 10.4. The van der Waals surface area contributed by atoms with E-state index in [-0.39, 0.29) is 18.4 Å². The minimum Gasteiger partial charge on any atom is -0.460 e.